The summed E-state index contributed by atoms with van der Waals surface area (Å²) < 4.78 is 5.39. The van der Waals surface area contributed by atoms with Crippen LogP contribution in [-0.2, 0) is 0 Å². The lowest BCUT2D eigenvalue weighted by molar-refractivity contribution is 0.232. The second-order valence-corrected chi connectivity index (χ2v) is 2.94. The molecule has 0 fully saturated rings. The van der Waals surface area contributed by atoms with Crippen LogP contribution in [0.2, 0.25) is 0 Å². The minimum Gasteiger partial charge on any atom is -0.474 e. The van der Waals surface area contributed by atoms with Crippen molar-refractivity contribution < 1.29 is 4.74 Å². The summed E-state index contributed by atoms with van der Waals surface area (Å²) >= 11 is 0. The van der Waals surface area contributed by atoms with Crippen LogP contribution in [0.4, 0.5) is 5.82 Å². The number of aromatic nitrogens is 2. The van der Waals surface area contributed by atoms with Gasteiger partial charge >= 0.3 is 0 Å². The molecule has 0 unspecified atom stereocenters. The van der Waals surface area contributed by atoms with Crippen molar-refractivity contribution in [2.75, 3.05) is 11.9 Å². The highest BCUT2D eigenvalue weighted by Crippen LogP contribution is 2.09. The average molecular weight is 181 g/mol. The number of anilines is 1. The van der Waals surface area contributed by atoms with Gasteiger partial charge in [-0.1, -0.05) is 0 Å². The maximum absolute atomic E-state index is 5.39. The van der Waals surface area contributed by atoms with Crippen LogP contribution in [0.1, 0.15) is 20.8 Å². The molecular formula is C9H15N3O. The summed E-state index contributed by atoms with van der Waals surface area (Å²) in [5, 5.41) is 3.07. The van der Waals surface area contributed by atoms with Gasteiger partial charge in [0.1, 0.15) is 5.82 Å². The van der Waals surface area contributed by atoms with Crippen molar-refractivity contribution in [2.24, 2.45) is 0 Å². The molecule has 0 saturated carbocycles. The van der Waals surface area contributed by atoms with Crippen LogP contribution in [0.5, 0.6) is 5.88 Å². The molecule has 13 heavy (non-hydrogen) atoms. The molecule has 0 radical (unpaired) electrons. The second kappa shape index (κ2) is 4.64. The van der Waals surface area contributed by atoms with Gasteiger partial charge in [0.25, 0.3) is 0 Å². The Kier molecular flexibility index (Phi) is 3.49. The van der Waals surface area contributed by atoms with Gasteiger partial charge in [-0.15, -0.1) is 0 Å². The highest BCUT2D eigenvalue weighted by molar-refractivity contribution is 5.32. The third-order valence-corrected chi connectivity index (χ3v) is 1.33. The molecule has 4 nitrogen and oxygen atoms in total. The van der Waals surface area contributed by atoms with Gasteiger partial charge in [0.2, 0.25) is 5.88 Å². The Bertz CT molecular complexity index is 263. The lowest BCUT2D eigenvalue weighted by atomic mass is 10.5. The van der Waals surface area contributed by atoms with E-state index in [4.69, 9.17) is 4.74 Å². The zero-order valence-electron chi connectivity index (χ0n) is 8.24. The van der Waals surface area contributed by atoms with Gasteiger partial charge in [-0.25, -0.2) is 0 Å². The van der Waals surface area contributed by atoms with Gasteiger partial charge in [-0.2, -0.15) is 4.98 Å². The Morgan fingerprint density at radius 2 is 2.23 bits per heavy atom. The Morgan fingerprint density at radius 1 is 1.46 bits per heavy atom. The average Bonchev–Trinajstić information content (AvgIpc) is 2.04. The number of ether oxygens (including phenoxy) is 1. The van der Waals surface area contributed by atoms with Gasteiger partial charge in [-0.3, -0.25) is 4.98 Å². The zero-order chi connectivity index (χ0) is 9.68. The summed E-state index contributed by atoms with van der Waals surface area (Å²) in [6.45, 7) is 6.76. The zero-order valence-corrected chi connectivity index (χ0v) is 8.24. The molecule has 1 aromatic rings. The molecule has 0 bridgehead atoms. The van der Waals surface area contributed by atoms with Crippen LogP contribution in [0.15, 0.2) is 12.4 Å². The smallest absolute Gasteiger partial charge is 0.234 e. The summed E-state index contributed by atoms with van der Waals surface area (Å²) in [6.07, 6.45) is 3.42. The van der Waals surface area contributed by atoms with Crippen molar-refractivity contribution in [3.63, 3.8) is 0 Å². The molecule has 0 spiro atoms. The fourth-order valence-corrected chi connectivity index (χ4v) is 0.913. The van der Waals surface area contributed by atoms with E-state index >= 15 is 0 Å². The van der Waals surface area contributed by atoms with E-state index in [9.17, 15) is 0 Å². The first kappa shape index (κ1) is 9.77. The Labute approximate surface area is 78.4 Å². The minimum atomic E-state index is 0.131. The predicted molar refractivity (Wildman–Crippen MR) is 52.0 cm³/mol. The van der Waals surface area contributed by atoms with Crippen molar-refractivity contribution in [1.29, 1.82) is 0 Å². The van der Waals surface area contributed by atoms with Crippen LogP contribution in [-0.4, -0.2) is 22.6 Å². The molecule has 1 heterocycles. The fourth-order valence-electron chi connectivity index (χ4n) is 0.913. The predicted octanol–water partition coefficient (Wildman–Crippen LogP) is 1.70. The van der Waals surface area contributed by atoms with Crippen molar-refractivity contribution in [1.82, 2.24) is 9.97 Å². The maximum atomic E-state index is 5.39. The number of hydrogen-bond donors (Lipinski definition) is 1. The molecule has 0 aliphatic rings. The number of nitrogens with one attached hydrogen (secondary N) is 1. The first-order valence-corrected chi connectivity index (χ1v) is 4.45. The van der Waals surface area contributed by atoms with E-state index in [-0.39, 0.29) is 6.10 Å². The molecule has 0 saturated heterocycles. The van der Waals surface area contributed by atoms with Gasteiger partial charge in [0.05, 0.1) is 18.5 Å². The molecule has 0 aliphatic carbocycles. The lowest BCUT2D eigenvalue weighted by Crippen LogP contribution is -2.08. The molecule has 0 atom stereocenters. The molecule has 0 amide bonds. The van der Waals surface area contributed by atoms with Crippen molar-refractivity contribution in [3.8, 4) is 5.88 Å². The second-order valence-electron chi connectivity index (χ2n) is 2.94. The van der Waals surface area contributed by atoms with Crippen LogP contribution in [0.25, 0.3) is 0 Å². The van der Waals surface area contributed by atoms with E-state index in [2.05, 4.69) is 15.3 Å². The molecule has 0 aromatic carbocycles. The molecule has 1 rings (SSSR count). The van der Waals surface area contributed by atoms with E-state index in [1.165, 1.54) is 0 Å². The Hall–Kier alpha value is -1.32. The Morgan fingerprint density at radius 3 is 2.85 bits per heavy atom. The summed E-state index contributed by atoms with van der Waals surface area (Å²) in [7, 11) is 0. The SMILES string of the molecule is CCNc1cncc(OC(C)C)n1. The van der Waals surface area contributed by atoms with Gasteiger partial charge in [-0.05, 0) is 20.8 Å². The minimum absolute atomic E-state index is 0.131. The topological polar surface area (TPSA) is 47.0 Å². The fraction of sp³-hybridized carbons (Fsp3) is 0.556. The molecule has 0 aliphatic heterocycles. The van der Waals surface area contributed by atoms with Gasteiger partial charge < -0.3 is 10.1 Å². The van der Waals surface area contributed by atoms with Crippen molar-refractivity contribution in [3.05, 3.63) is 12.4 Å². The lowest BCUT2D eigenvalue weighted by Gasteiger charge is -2.09. The quantitative estimate of drug-likeness (QED) is 0.768. The molecule has 72 valence electrons. The number of nitrogens with zero attached hydrogens (tertiary/aromatic N) is 2. The van der Waals surface area contributed by atoms with E-state index in [0.29, 0.717) is 5.88 Å². The first-order valence-electron chi connectivity index (χ1n) is 4.45. The van der Waals surface area contributed by atoms with E-state index in [1.807, 2.05) is 20.8 Å². The summed E-state index contributed by atoms with van der Waals surface area (Å²) in [5.41, 5.74) is 0. The standard InChI is InChI=1S/C9H15N3O/c1-4-11-8-5-10-6-9(12-8)13-7(2)3/h5-7H,4H2,1-3H3,(H,11,12). The monoisotopic (exact) mass is 181 g/mol. The molecular weight excluding hydrogens is 166 g/mol. The maximum Gasteiger partial charge on any atom is 0.234 e. The third kappa shape index (κ3) is 3.27. The van der Waals surface area contributed by atoms with Gasteiger partial charge in [0, 0.05) is 6.54 Å². The largest absolute Gasteiger partial charge is 0.474 e. The van der Waals surface area contributed by atoms with Crippen LogP contribution < -0.4 is 10.1 Å². The van der Waals surface area contributed by atoms with Crippen molar-refractivity contribution >= 4 is 5.82 Å². The molecule has 1 N–H and O–H groups in total. The van der Waals surface area contributed by atoms with E-state index in [0.717, 1.165) is 12.4 Å². The summed E-state index contributed by atoms with van der Waals surface area (Å²) in [5.74, 6) is 1.31. The van der Waals surface area contributed by atoms with Gasteiger partial charge in [0.15, 0.2) is 0 Å². The van der Waals surface area contributed by atoms with Crippen molar-refractivity contribution in [2.45, 2.75) is 26.9 Å². The number of hydrogen-bond acceptors (Lipinski definition) is 4. The summed E-state index contributed by atoms with van der Waals surface area (Å²) in [6, 6.07) is 0. The Balaban J connectivity index is 2.67. The van der Waals surface area contributed by atoms with Crippen LogP contribution in [0, 0.1) is 0 Å². The van der Waals surface area contributed by atoms with Crippen LogP contribution >= 0.6 is 0 Å². The highest BCUT2D eigenvalue weighted by Gasteiger charge is 2.00. The van der Waals surface area contributed by atoms with E-state index < -0.39 is 0 Å². The number of rotatable bonds is 4. The molecule has 4 heteroatoms. The normalized spacial score (nSPS) is 10.2. The summed E-state index contributed by atoms with van der Waals surface area (Å²) in [4.78, 5) is 8.21. The highest BCUT2D eigenvalue weighted by atomic mass is 16.5. The van der Waals surface area contributed by atoms with E-state index in [1.54, 1.807) is 12.4 Å². The first-order chi connectivity index (χ1) is 6.22. The third-order valence-electron chi connectivity index (χ3n) is 1.33. The van der Waals surface area contributed by atoms with Crippen LogP contribution in [0.3, 0.4) is 0 Å². The molecule has 1 aromatic heterocycles.